The number of aliphatic hydroxyl groups is 1. The van der Waals surface area contributed by atoms with Gasteiger partial charge in [-0.3, -0.25) is 0 Å². The number of hydrogen-bond acceptors (Lipinski definition) is 2. The zero-order chi connectivity index (χ0) is 7.33. The predicted octanol–water partition coefficient (Wildman–Crippen LogP) is 1.87. The largest absolute Gasteiger partial charge is 0.516 e. The van der Waals surface area contributed by atoms with Crippen molar-refractivity contribution in [3.8, 4) is 0 Å². The molecule has 1 atom stereocenters. The van der Waals surface area contributed by atoms with E-state index >= 15 is 0 Å². The topological polar surface area (TPSA) is 29.5 Å². The highest BCUT2D eigenvalue weighted by atomic mass is 16.5. The van der Waals surface area contributed by atoms with Gasteiger partial charge in [0.2, 0.25) is 0 Å². The number of rotatable bonds is 3. The van der Waals surface area contributed by atoms with Crippen LogP contribution in [0.3, 0.4) is 0 Å². The predicted molar refractivity (Wildman–Crippen MR) is 37.5 cm³/mol. The van der Waals surface area contributed by atoms with Gasteiger partial charge in [0, 0.05) is 7.11 Å². The molecule has 9 heavy (non-hydrogen) atoms. The first kappa shape index (κ1) is 8.50. The highest BCUT2D eigenvalue weighted by molar-refractivity contribution is 4.94. The molecule has 2 nitrogen and oxygen atoms in total. The molecule has 2 heteroatoms. The first-order chi connectivity index (χ1) is 4.18. The van der Waals surface area contributed by atoms with Gasteiger partial charge in [0.15, 0.2) is 0 Å². The summed E-state index contributed by atoms with van der Waals surface area (Å²) in [5.74, 6) is 0. The van der Waals surface area contributed by atoms with Gasteiger partial charge < -0.3 is 9.84 Å². The number of aliphatic hydroxyl groups excluding tert-OH is 1. The Hall–Kier alpha value is -0.500. The van der Waals surface area contributed by atoms with E-state index in [1.165, 1.54) is 0 Å². The molecule has 0 aromatic rings. The van der Waals surface area contributed by atoms with Gasteiger partial charge in [-0.15, -0.1) is 0 Å². The van der Waals surface area contributed by atoms with Gasteiger partial charge in [0.25, 0.3) is 0 Å². The Bertz CT molecular complexity index is 93.1. The van der Waals surface area contributed by atoms with Crippen molar-refractivity contribution in [1.82, 2.24) is 0 Å². The fourth-order valence-corrected chi connectivity index (χ4v) is 0.488. The van der Waals surface area contributed by atoms with E-state index in [0.717, 1.165) is 12.7 Å². The lowest BCUT2D eigenvalue weighted by Gasteiger charge is -2.21. The molecule has 0 aromatic heterocycles. The van der Waals surface area contributed by atoms with Gasteiger partial charge in [-0.1, -0.05) is 6.92 Å². The summed E-state index contributed by atoms with van der Waals surface area (Å²) in [6.45, 7) is 3.92. The summed E-state index contributed by atoms with van der Waals surface area (Å²) < 4.78 is 5.08. The molecule has 0 saturated heterocycles. The van der Waals surface area contributed by atoms with E-state index in [0.29, 0.717) is 0 Å². The van der Waals surface area contributed by atoms with Gasteiger partial charge in [0.1, 0.15) is 0 Å². The second-order valence-corrected chi connectivity index (χ2v) is 2.19. The van der Waals surface area contributed by atoms with Crippen molar-refractivity contribution in [2.75, 3.05) is 7.11 Å². The second kappa shape index (κ2) is 3.51. The minimum absolute atomic E-state index is 0.297. The quantitative estimate of drug-likeness (QED) is 0.591. The van der Waals surface area contributed by atoms with Gasteiger partial charge in [-0.2, -0.15) is 0 Å². The normalized spacial score (nSPS) is 18.1. The summed E-state index contributed by atoms with van der Waals surface area (Å²) in [7, 11) is 1.63. The molecule has 0 aromatic carbocycles. The molecule has 0 fully saturated rings. The van der Waals surface area contributed by atoms with Crippen LogP contribution in [0, 0.1) is 0 Å². The first-order valence-corrected chi connectivity index (χ1v) is 3.05. The van der Waals surface area contributed by atoms with Gasteiger partial charge in [0.05, 0.1) is 11.9 Å². The smallest absolute Gasteiger partial charge is 0.0860 e. The van der Waals surface area contributed by atoms with E-state index in [1.54, 1.807) is 13.2 Å². The van der Waals surface area contributed by atoms with Crippen molar-refractivity contribution in [2.45, 2.75) is 25.9 Å². The standard InChI is InChI=1S/C7H14O2/c1-4-7(2,9-3)5-6-8/h5-6,8H,4H2,1-3H3. The van der Waals surface area contributed by atoms with Crippen LogP contribution < -0.4 is 0 Å². The third-order valence-electron chi connectivity index (χ3n) is 1.60. The minimum Gasteiger partial charge on any atom is -0.516 e. The summed E-state index contributed by atoms with van der Waals surface area (Å²) in [5, 5.41) is 8.40. The van der Waals surface area contributed by atoms with Crippen LogP contribution in [0.25, 0.3) is 0 Å². The molecule has 0 amide bonds. The van der Waals surface area contributed by atoms with Gasteiger partial charge >= 0.3 is 0 Å². The molecule has 0 bridgehead atoms. The lowest BCUT2D eigenvalue weighted by atomic mass is 10.0. The molecule has 0 saturated carbocycles. The van der Waals surface area contributed by atoms with Crippen LogP contribution in [0.1, 0.15) is 20.3 Å². The molecule has 0 aliphatic rings. The summed E-state index contributed by atoms with van der Waals surface area (Å²) in [5.41, 5.74) is -0.297. The third kappa shape index (κ3) is 2.51. The van der Waals surface area contributed by atoms with Crippen molar-refractivity contribution in [1.29, 1.82) is 0 Å². The maximum atomic E-state index is 8.40. The summed E-state index contributed by atoms with van der Waals surface area (Å²) in [4.78, 5) is 0. The number of ether oxygens (including phenoxy) is 1. The van der Waals surface area contributed by atoms with E-state index in [1.807, 2.05) is 13.8 Å². The van der Waals surface area contributed by atoms with Gasteiger partial charge in [-0.05, 0) is 19.4 Å². The third-order valence-corrected chi connectivity index (χ3v) is 1.60. The summed E-state index contributed by atoms with van der Waals surface area (Å²) in [6.07, 6.45) is 3.51. The Morgan fingerprint density at radius 3 is 2.33 bits per heavy atom. The minimum atomic E-state index is -0.297. The molecule has 0 aliphatic carbocycles. The van der Waals surface area contributed by atoms with E-state index in [2.05, 4.69) is 0 Å². The molecule has 0 aliphatic heterocycles. The Balaban J connectivity index is 3.92. The van der Waals surface area contributed by atoms with E-state index < -0.39 is 0 Å². The maximum Gasteiger partial charge on any atom is 0.0860 e. The van der Waals surface area contributed by atoms with Crippen molar-refractivity contribution in [2.24, 2.45) is 0 Å². The number of methoxy groups -OCH3 is 1. The van der Waals surface area contributed by atoms with Crippen LogP contribution in [0.5, 0.6) is 0 Å². The van der Waals surface area contributed by atoms with Crippen LogP contribution in [-0.4, -0.2) is 17.8 Å². The highest BCUT2D eigenvalue weighted by Gasteiger charge is 2.15. The highest BCUT2D eigenvalue weighted by Crippen LogP contribution is 2.14. The molecule has 0 spiro atoms. The maximum absolute atomic E-state index is 8.40. The second-order valence-electron chi connectivity index (χ2n) is 2.19. The molecule has 1 unspecified atom stereocenters. The molecule has 0 heterocycles. The molecule has 0 radical (unpaired) electrons. The summed E-state index contributed by atoms with van der Waals surface area (Å²) >= 11 is 0. The lowest BCUT2D eigenvalue weighted by Crippen LogP contribution is -2.22. The number of hydrogen-bond donors (Lipinski definition) is 1. The average molecular weight is 130 g/mol. The van der Waals surface area contributed by atoms with E-state index in [9.17, 15) is 0 Å². The fraction of sp³-hybridized carbons (Fsp3) is 0.714. The Morgan fingerprint density at radius 1 is 1.67 bits per heavy atom. The monoisotopic (exact) mass is 130 g/mol. The fourth-order valence-electron chi connectivity index (χ4n) is 0.488. The van der Waals surface area contributed by atoms with Crippen LogP contribution in [0.2, 0.25) is 0 Å². The zero-order valence-corrected chi connectivity index (χ0v) is 6.22. The lowest BCUT2D eigenvalue weighted by molar-refractivity contribution is 0.0441. The molecule has 54 valence electrons. The Labute approximate surface area is 56.1 Å². The van der Waals surface area contributed by atoms with Crippen molar-refractivity contribution in [3.63, 3.8) is 0 Å². The molecule has 1 N–H and O–H groups in total. The Kier molecular flexibility index (Phi) is 3.32. The van der Waals surface area contributed by atoms with Crippen molar-refractivity contribution in [3.05, 3.63) is 12.3 Å². The first-order valence-electron chi connectivity index (χ1n) is 3.05. The molecular formula is C7H14O2. The molecular weight excluding hydrogens is 116 g/mol. The van der Waals surface area contributed by atoms with Crippen LogP contribution in [0.4, 0.5) is 0 Å². The van der Waals surface area contributed by atoms with Crippen molar-refractivity contribution >= 4 is 0 Å². The van der Waals surface area contributed by atoms with Crippen molar-refractivity contribution < 1.29 is 9.84 Å². The van der Waals surface area contributed by atoms with Gasteiger partial charge in [-0.25, -0.2) is 0 Å². The average Bonchev–Trinajstić information content (AvgIpc) is 1.89. The van der Waals surface area contributed by atoms with Crippen LogP contribution >= 0.6 is 0 Å². The summed E-state index contributed by atoms with van der Waals surface area (Å²) in [6, 6.07) is 0. The Morgan fingerprint density at radius 2 is 2.22 bits per heavy atom. The van der Waals surface area contributed by atoms with Crippen LogP contribution in [-0.2, 0) is 4.74 Å². The zero-order valence-electron chi connectivity index (χ0n) is 6.22. The van der Waals surface area contributed by atoms with Crippen LogP contribution in [0.15, 0.2) is 12.3 Å². The molecule has 0 rings (SSSR count). The van der Waals surface area contributed by atoms with E-state index in [4.69, 9.17) is 9.84 Å². The SMILES string of the molecule is CCC(C)(C=CO)OC. The van der Waals surface area contributed by atoms with E-state index in [-0.39, 0.29) is 5.60 Å².